The van der Waals surface area contributed by atoms with E-state index < -0.39 is 0 Å². The van der Waals surface area contributed by atoms with Crippen molar-refractivity contribution in [3.05, 3.63) is 41.6 Å². The van der Waals surface area contributed by atoms with E-state index in [1.807, 2.05) is 6.07 Å². The quantitative estimate of drug-likeness (QED) is 0.100. The molecule has 0 fully saturated rings. The van der Waals surface area contributed by atoms with Crippen molar-refractivity contribution in [1.82, 2.24) is 8.75 Å². The van der Waals surface area contributed by atoms with Crippen LogP contribution in [0.5, 0.6) is 11.6 Å². The van der Waals surface area contributed by atoms with Gasteiger partial charge in [0.15, 0.2) is 0 Å². The van der Waals surface area contributed by atoms with Gasteiger partial charge in [0.2, 0.25) is 6.23 Å². The van der Waals surface area contributed by atoms with Crippen LogP contribution >= 0.6 is 11.7 Å². The molecule has 0 radical (unpaired) electrons. The summed E-state index contributed by atoms with van der Waals surface area (Å²) in [6, 6.07) is 7.11. The van der Waals surface area contributed by atoms with E-state index in [0.29, 0.717) is 34.8 Å². The highest BCUT2D eigenvalue weighted by molar-refractivity contribution is 6.99. The van der Waals surface area contributed by atoms with Crippen molar-refractivity contribution in [1.29, 1.82) is 0 Å². The third kappa shape index (κ3) is 9.53. The summed E-state index contributed by atoms with van der Waals surface area (Å²) in [6.07, 6.45) is 7.54. The minimum Gasteiger partial charge on any atom is -1.00 e. The van der Waals surface area contributed by atoms with Crippen LogP contribution in [0.15, 0.2) is 30.3 Å². The van der Waals surface area contributed by atoms with Gasteiger partial charge in [-0.25, -0.2) is 0 Å². The minimum atomic E-state index is -0.346. The van der Waals surface area contributed by atoms with Gasteiger partial charge in [0, 0.05) is 29.9 Å². The SMILES string of the molecule is CCCCCCOc1nsnc1C1=CCC[N+](C)(C(OC(=O)Cc2ccccc2OC(=O)CC)C(C)C)C1.[I-]. The number of likely N-dealkylation sites (N-methyl/N-ethyl adjacent to an activating group) is 1. The summed E-state index contributed by atoms with van der Waals surface area (Å²) in [5.74, 6) is 0.420. The first-order valence-electron chi connectivity index (χ1n) is 13.7. The molecule has 3 rings (SSSR count). The van der Waals surface area contributed by atoms with E-state index >= 15 is 0 Å². The van der Waals surface area contributed by atoms with Crippen LogP contribution in [0.4, 0.5) is 0 Å². The van der Waals surface area contributed by atoms with Crippen LogP contribution in [0, 0.1) is 5.92 Å². The summed E-state index contributed by atoms with van der Waals surface area (Å²) >= 11 is 1.17. The third-order valence-electron chi connectivity index (χ3n) is 6.82. The van der Waals surface area contributed by atoms with Gasteiger partial charge in [-0.3, -0.25) is 14.1 Å². The second-order valence-electron chi connectivity index (χ2n) is 10.4. The molecule has 0 saturated heterocycles. The summed E-state index contributed by atoms with van der Waals surface area (Å²) in [4.78, 5) is 25.0. The first-order chi connectivity index (χ1) is 18.3. The fraction of sp³-hybridized carbons (Fsp3) is 0.586. The number of nitrogens with zero attached hydrogens (tertiary/aromatic N) is 3. The summed E-state index contributed by atoms with van der Waals surface area (Å²) in [6.45, 7) is 10.2. The third-order valence-corrected chi connectivity index (χ3v) is 7.33. The number of carbonyl (C=O) groups is 2. The average molecular weight is 672 g/mol. The Bertz CT molecular complexity index is 1110. The molecule has 0 saturated carbocycles. The van der Waals surface area contributed by atoms with Gasteiger partial charge < -0.3 is 38.2 Å². The fourth-order valence-corrected chi connectivity index (χ4v) is 5.41. The molecule has 0 N–H and O–H groups in total. The number of benzene rings is 1. The number of esters is 2. The molecule has 2 aromatic rings. The number of hydrogen-bond acceptors (Lipinski definition) is 8. The van der Waals surface area contributed by atoms with E-state index in [9.17, 15) is 9.59 Å². The summed E-state index contributed by atoms with van der Waals surface area (Å²) in [7, 11) is 2.13. The van der Waals surface area contributed by atoms with Crippen molar-refractivity contribution in [2.45, 2.75) is 78.9 Å². The smallest absolute Gasteiger partial charge is 0.314 e. The normalized spacial score (nSPS) is 17.6. The highest BCUT2D eigenvalue weighted by Crippen LogP contribution is 2.33. The number of unbranched alkanes of at least 4 members (excludes halogenated alkanes) is 3. The predicted octanol–water partition coefficient (Wildman–Crippen LogP) is 2.82. The minimum absolute atomic E-state index is 0. The Morgan fingerprint density at radius 1 is 1.08 bits per heavy atom. The Morgan fingerprint density at radius 2 is 1.85 bits per heavy atom. The largest absolute Gasteiger partial charge is 1.00 e. The van der Waals surface area contributed by atoms with Crippen LogP contribution in [-0.4, -0.2) is 58.1 Å². The zero-order valence-electron chi connectivity index (χ0n) is 23.8. The first kappa shape index (κ1) is 33.2. The van der Waals surface area contributed by atoms with E-state index in [1.54, 1.807) is 25.1 Å². The van der Waals surface area contributed by atoms with Gasteiger partial charge in [-0.2, -0.15) is 4.37 Å². The van der Waals surface area contributed by atoms with Gasteiger partial charge in [0.1, 0.15) is 18.0 Å². The first-order valence-corrected chi connectivity index (χ1v) is 14.5. The van der Waals surface area contributed by atoms with Gasteiger partial charge in [-0.05, 0) is 12.5 Å². The topological polar surface area (TPSA) is 87.6 Å². The molecule has 0 aliphatic carbocycles. The van der Waals surface area contributed by atoms with E-state index in [4.69, 9.17) is 14.2 Å². The maximum atomic E-state index is 13.1. The van der Waals surface area contributed by atoms with Crippen molar-refractivity contribution in [3.63, 3.8) is 0 Å². The zero-order chi connectivity index (χ0) is 27.5. The molecule has 8 nitrogen and oxygen atoms in total. The van der Waals surface area contributed by atoms with Crippen molar-refractivity contribution < 1.29 is 52.3 Å². The lowest BCUT2D eigenvalue weighted by atomic mass is 10.0. The molecule has 1 aromatic carbocycles. The van der Waals surface area contributed by atoms with Crippen LogP contribution in [0.3, 0.4) is 0 Å². The number of halogens is 1. The van der Waals surface area contributed by atoms with E-state index in [1.165, 1.54) is 24.6 Å². The molecular weight excluding hydrogens is 629 g/mol. The lowest BCUT2D eigenvalue weighted by Crippen LogP contribution is -3.00. The number of carbonyl (C=O) groups excluding carboxylic acids is 2. The summed E-state index contributed by atoms with van der Waals surface area (Å²) < 4.78 is 27.1. The fourth-order valence-electron chi connectivity index (χ4n) is 4.88. The second kappa shape index (κ2) is 16.3. The number of para-hydroxylation sites is 1. The predicted molar refractivity (Wildman–Crippen MR) is 149 cm³/mol. The highest BCUT2D eigenvalue weighted by atomic mass is 127. The molecule has 2 heterocycles. The molecule has 2 atom stereocenters. The molecule has 10 heteroatoms. The van der Waals surface area contributed by atoms with Gasteiger partial charge in [-0.1, -0.05) is 71.2 Å². The number of ether oxygens (including phenoxy) is 3. The maximum Gasteiger partial charge on any atom is 0.314 e. The van der Waals surface area contributed by atoms with Gasteiger partial charge in [-0.15, -0.1) is 4.37 Å². The molecule has 216 valence electrons. The van der Waals surface area contributed by atoms with Gasteiger partial charge in [0.05, 0.1) is 38.3 Å². The number of hydrogen-bond donors (Lipinski definition) is 0. The van der Waals surface area contributed by atoms with Crippen molar-refractivity contribution >= 4 is 29.2 Å². The number of aromatic nitrogens is 2. The highest BCUT2D eigenvalue weighted by Gasteiger charge is 2.41. The molecule has 1 aliphatic heterocycles. The molecule has 1 aromatic heterocycles. The molecule has 0 spiro atoms. The molecule has 0 bridgehead atoms. The van der Waals surface area contributed by atoms with E-state index in [2.05, 4.69) is 42.6 Å². The maximum absolute atomic E-state index is 13.1. The van der Waals surface area contributed by atoms with Crippen LogP contribution in [0.2, 0.25) is 0 Å². The Labute approximate surface area is 254 Å². The lowest BCUT2D eigenvalue weighted by molar-refractivity contribution is -0.950. The standard InChI is InChI=1S/C29H42N3O5S.HI/c1-6-8-9-12-18-35-28-27(30-38-31-28)23-15-13-17-32(5,20-23)29(21(3)4)37-26(34)19-22-14-10-11-16-24(22)36-25(33)7-2;/h10-11,14-16,21,29H,6-9,12-13,17-20H2,1-5H3;1H/q+1;/p-1. The monoisotopic (exact) mass is 671 g/mol. The van der Waals surface area contributed by atoms with Gasteiger partial charge in [0.25, 0.3) is 5.88 Å². The number of rotatable bonds is 14. The van der Waals surface area contributed by atoms with E-state index in [-0.39, 0.29) is 60.9 Å². The Morgan fingerprint density at radius 3 is 2.56 bits per heavy atom. The Balaban J connectivity index is 0.00000533. The molecule has 1 aliphatic rings. The summed E-state index contributed by atoms with van der Waals surface area (Å²) in [5.41, 5.74) is 2.52. The zero-order valence-corrected chi connectivity index (χ0v) is 26.8. The van der Waals surface area contributed by atoms with Crippen LogP contribution in [0.1, 0.15) is 77.5 Å². The molecular formula is C29H42IN3O5S. The van der Waals surface area contributed by atoms with Crippen molar-refractivity contribution in [3.8, 4) is 11.6 Å². The summed E-state index contributed by atoms with van der Waals surface area (Å²) in [5, 5.41) is 0. The Kier molecular flexibility index (Phi) is 13.8. The lowest BCUT2D eigenvalue weighted by Gasteiger charge is -2.44. The van der Waals surface area contributed by atoms with Crippen LogP contribution in [0.25, 0.3) is 5.57 Å². The van der Waals surface area contributed by atoms with Crippen molar-refractivity contribution in [2.24, 2.45) is 5.92 Å². The average Bonchev–Trinajstić information content (AvgIpc) is 3.36. The van der Waals surface area contributed by atoms with Crippen LogP contribution < -0.4 is 33.5 Å². The molecule has 0 amide bonds. The second-order valence-corrected chi connectivity index (χ2v) is 11.0. The number of quaternary nitrogens is 1. The van der Waals surface area contributed by atoms with Gasteiger partial charge >= 0.3 is 11.9 Å². The van der Waals surface area contributed by atoms with E-state index in [0.717, 1.165) is 37.1 Å². The molecule has 2 unspecified atom stereocenters. The van der Waals surface area contributed by atoms with Crippen molar-refractivity contribution in [2.75, 3.05) is 26.7 Å². The molecule has 39 heavy (non-hydrogen) atoms. The Hall–Kier alpha value is -2.05. The van der Waals surface area contributed by atoms with Crippen LogP contribution in [-0.2, 0) is 20.7 Å².